The van der Waals surface area contributed by atoms with Crippen molar-refractivity contribution in [1.82, 2.24) is 10.6 Å². The zero-order valence-corrected chi connectivity index (χ0v) is 19.3. The molecule has 4 aromatic carbocycles. The van der Waals surface area contributed by atoms with E-state index in [1.807, 2.05) is 78.9 Å². The quantitative estimate of drug-likeness (QED) is 0.232. The monoisotopic (exact) mass is 470 g/mol. The van der Waals surface area contributed by atoms with Crippen molar-refractivity contribution in [1.29, 1.82) is 0 Å². The topological polar surface area (TPSA) is 75.3 Å². The van der Waals surface area contributed by atoms with Gasteiger partial charge in [-0.2, -0.15) is 0 Å². The molecule has 0 bridgehead atoms. The molecule has 174 valence electrons. The van der Waals surface area contributed by atoms with E-state index in [1.54, 1.807) is 0 Å². The number of carbonyl (C=O) groups is 3. The highest BCUT2D eigenvalue weighted by atomic mass is 16.2. The molecule has 1 aliphatic heterocycles. The van der Waals surface area contributed by atoms with Crippen LogP contribution in [0.15, 0.2) is 121 Å². The van der Waals surface area contributed by atoms with Gasteiger partial charge in [0.25, 0.3) is 11.8 Å². The fourth-order valence-electron chi connectivity index (χ4n) is 4.24. The van der Waals surface area contributed by atoms with E-state index in [0.29, 0.717) is 5.56 Å². The van der Waals surface area contributed by atoms with E-state index >= 15 is 0 Å². The summed E-state index contributed by atoms with van der Waals surface area (Å²) in [5.41, 5.74) is 6.94. The summed E-state index contributed by atoms with van der Waals surface area (Å²) in [5.74, 6) is -1.43. The molecule has 4 aromatic rings. The lowest BCUT2D eigenvalue weighted by molar-refractivity contribution is -0.123. The van der Waals surface area contributed by atoms with Crippen LogP contribution in [0.1, 0.15) is 27.8 Å². The Morgan fingerprint density at radius 3 is 1.22 bits per heavy atom. The third-order valence-corrected chi connectivity index (χ3v) is 5.89. The van der Waals surface area contributed by atoms with Crippen molar-refractivity contribution in [3.63, 3.8) is 0 Å². The fourth-order valence-corrected chi connectivity index (χ4v) is 4.24. The molecule has 0 aromatic heterocycles. The second-order valence-corrected chi connectivity index (χ2v) is 8.27. The maximum atomic E-state index is 12.1. The molecule has 1 saturated heterocycles. The Kier molecular flexibility index (Phi) is 6.36. The first-order valence-electron chi connectivity index (χ1n) is 11.5. The van der Waals surface area contributed by atoms with Gasteiger partial charge in [0, 0.05) is 0 Å². The van der Waals surface area contributed by atoms with E-state index in [1.165, 1.54) is 6.08 Å². The molecule has 4 amide bonds. The SMILES string of the molecule is O=C1NC(=O)C(=Cc2ccc(C(=C(c3ccccc3)c3ccccc3)c3ccccc3)cc2)C(=O)N1. The maximum absolute atomic E-state index is 12.1. The molecule has 5 heteroatoms. The van der Waals surface area contributed by atoms with Crippen molar-refractivity contribution < 1.29 is 14.4 Å². The van der Waals surface area contributed by atoms with Crippen LogP contribution in [0.5, 0.6) is 0 Å². The Hall–Kier alpha value is -5.03. The highest BCUT2D eigenvalue weighted by Crippen LogP contribution is 2.36. The van der Waals surface area contributed by atoms with Gasteiger partial charge in [-0.1, -0.05) is 115 Å². The Bertz CT molecular complexity index is 1420. The van der Waals surface area contributed by atoms with Gasteiger partial charge < -0.3 is 0 Å². The smallest absolute Gasteiger partial charge is 0.273 e. The molecular formula is C31H22N2O3. The molecule has 5 rings (SSSR count). The number of barbiturate groups is 1. The van der Waals surface area contributed by atoms with Gasteiger partial charge in [-0.15, -0.1) is 0 Å². The maximum Gasteiger partial charge on any atom is 0.328 e. The van der Waals surface area contributed by atoms with E-state index in [4.69, 9.17) is 0 Å². The molecule has 1 heterocycles. The third-order valence-electron chi connectivity index (χ3n) is 5.89. The van der Waals surface area contributed by atoms with Crippen LogP contribution in [-0.2, 0) is 9.59 Å². The second kappa shape index (κ2) is 10.1. The number of rotatable bonds is 5. The first kappa shape index (κ1) is 22.7. The Labute approximate surface area is 208 Å². The van der Waals surface area contributed by atoms with E-state index in [0.717, 1.165) is 33.4 Å². The summed E-state index contributed by atoms with van der Waals surface area (Å²) in [4.78, 5) is 35.6. The predicted molar refractivity (Wildman–Crippen MR) is 140 cm³/mol. The average Bonchev–Trinajstić information content (AvgIpc) is 2.91. The van der Waals surface area contributed by atoms with Crippen LogP contribution in [0.2, 0.25) is 0 Å². The summed E-state index contributed by atoms with van der Waals surface area (Å²) >= 11 is 0. The predicted octanol–water partition coefficient (Wildman–Crippen LogP) is 5.44. The van der Waals surface area contributed by atoms with Crippen LogP contribution in [0.25, 0.3) is 17.2 Å². The Morgan fingerprint density at radius 2 is 0.833 bits per heavy atom. The molecule has 1 fully saturated rings. The lowest BCUT2D eigenvalue weighted by atomic mass is 9.85. The molecule has 5 nitrogen and oxygen atoms in total. The molecule has 0 radical (unpaired) electrons. The second-order valence-electron chi connectivity index (χ2n) is 8.27. The summed E-state index contributed by atoms with van der Waals surface area (Å²) < 4.78 is 0. The van der Waals surface area contributed by atoms with E-state index in [-0.39, 0.29) is 5.57 Å². The molecule has 0 atom stereocenters. The number of hydrogen-bond donors (Lipinski definition) is 2. The number of carbonyl (C=O) groups excluding carboxylic acids is 3. The van der Waals surface area contributed by atoms with Crippen molar-refractivity contribution >= 4 is 35.1 Å². The van der Waals surface area contributed by atoms with Gasteiger partial charge >= 0.3 is 6.03 Å². The summed E-state index contributed by atoms with van der Waals surface area (Å²) in [6, 6.07) is 37.6. The van der Waals surface area contributed by atoms with Crippen molar-refractivity contribution in [3.05, 3.63) is 149 Å². The fraction of sp³-hybridized carbons (Fsp3) is 0. The van der Waals surface area contributed by atoms with Gasteiger partial charge in [-0.3, -0.25) is 20.2 Å². The number of urea groups is 1. The van der Waals surface area contributed by atoms with Crippen molar-refractivity contribution in [3.8, 4) is 0 Å². The number of benzene rings is 4. The minimum absolute atomic E-state index is 0.115. The molecular weight excluding hydrogens is 448 g/mol. The van der Waals surface area contributed by atoms with Crippen LogP contribution in [0.4, 0.5) is 4.79 Å². The van der Waals surface area contributed by atoms with Crippen LogP contribution in [0.3, 0.4) is 0 Å². The summed E-state index contributed by atoms with van der Waals surface area (Å²) in [5, 5.41) is 4.19. The zero-order chi connectivity index (χ0) is 24.9. The summed E-state index contributed by atoms with van der Waals surface area (Å²) in [6.45, 7) is 0. The van der Waals surface area contributed by atoms with E-state index in [9.17, 15) is 14.4 Å². The van der Waals surface area contributed by atoms with Crippen LogP contribution >= 0.6 is 0 Å². The van der Waals surface area contributed by atoms with Gasteiger partial charge in [0.05, 0.1) is 0 Å². The normalized spacial score (nSPS) is 13.0. The van der Waals surface area contributed by atoms with Crippen molar-refractivity contribution in [2.45, 2.75) is 0 Å². The minimum atomic E-state index is -0.815. The third kappa shape index (κ3) is 4.76. The van der Waals surface area contributed by atoms with Gasteiger partial charge in [-0.05, 0) is 45.0 Å². The van der Waals surface area contributed by atoms with Crippen LogP contribution in [0, 0.1) is 0 Å². The van der Waals surface area contributed by atoms with Gasteiger partial charge in [0.2, 0.25) is 0 Å². The molecule has 36 heavy (non-hydrogen) atoms. The number of hydrogen-bond acceptors (Lipinski definition) is 3. The summed E-state index contributed by atoms with van der Waals surface area (Å²) in [6.07, 6.45) is 1.47. The highest BCUT2D eigenvalue weighted by molar-refractivity contribution is 6.31. The summed E-state index contributed by atoms with van der Waals surface area (Å²) in [7, 11) is 0. The number of imide groups is 2. The lowest BCUT2D eigenvalue weighted by Gasteiger charge is -2.18. The van der Waals surface area contributed by atoms with Crippen molar-refractivity contribution in [2.75, 3.05) is 0 Å². The lowest BCUT2D eigenvalue weighted by Crippen LogP contribution is -2.51. The molecule has 0 saturated carbocycles. The van der Waals surface area contributed by atoms with Gasteiger partial charge in [-0.25, -0.2) is 4.79 Å². The number of amides is 4. The molecule has 1 aliphatic rings. The first-order chi connectivity index (χ1) is 17.6. The Morgan fingerprint density at radius 1 is 0.472 bits per heavy atom. The average molecular weight is 471 g/mol. The van der Waals surface area contributed by atoms with Crippen molar-refractivity contribution in [2.24, 2.45) is 0 Å². The standard InChI is InChI=1S/C31H22N2O3/c34-29-26(30(35)33-31(36)32-29)20-21-16-18-25(19-17-21)28(24-14-8-3-9-15-24)27(22-10-4-1-5-11-22)23-12-6-2-7-13-23/h1-20H,(H2,32,33,34,35,36). The van der Waals surface area contributed by atoms with Crippen LogP contribution < -0.4 is 10.6 Å². The molecule has 0 aliphatic carbocycles. The highest BCUT2D eigenvalue weighted by Gasteiger charge is 2.27. The van der Waals surface area contributed by atoms with Gasteiger partial charge in [0.15, 0.2) is 0 Å². The minimum Gasteiger partial charge on any atom is -0.273 e. The zero-order valence-electron chi connectivity index (χ0n) is 19.3. The Balaban J connectivity index is 1.67. The largest absolute Gasteiger partial charge is 0.328 e. The first-order valence-corrected chi connectivity index (χ1v) is 11.5. The van der Waals surface area contributed by atoms with E-state index in [2.05, 4.69) is 47.0 Å². The van der Waals surface area contributed by atoms with E-state index < -0.39 is 17.8 Å². The van der Waals surface area contributed by atoms with Crippen LogP contribution in [-0.4, -0.2) is 17.8 Å². The van der Waals surface area contributed by atoms with Gasteiger partial charge in [0.1, 0.15) is 5.57 Å². The number of nitrogens with one attached hydrogen (secondary N) is 2. The molecule has 2 N–H and O–H groups in total. The molecule has 0 unspecified atom stereocenters. The molecule has 0 spiro atoms.